The molecule has 0 atom stereocenters. The van der Waals surface area contributed by atoms with Crippen molar-refractivity contribution in [3.05, 3.63) is 33.3 Å². The molecule has 0 unspecified atom stereocenters. The van der Waals surface area contributed by atoms with Crippen LogP contribution in [0.3, 0.4) is 0 Å². The lowest BCUT2D eigenvalue weighted by molar-refractivity contribution is 0.907. The molecule has 4 nitrogen and oxygen atoms in total. The standard InChI is InChI=1S/C14H16N4S2/c1-3-10-6-11-12(16-14(15)17-13(11)20-10)18(2)7-9-4-5-19-8-9/h4-6,8H,3,7H2,1-2H3,(H2,15,16,17). The zero-order chi connectivity index (χ0) is 14.1. The molecular weight excluding hydrogens is 288 g/mol. The number of nitrogens with two attached hydrogens (primary N) is 1. The number of nitrogen functional groups attached to an aromatic ring is 1. The summed E-state index contributed by atoms with van der Waals surface area (Å²) in [7, 11) is 2.04. The van der Waals surface area contributed by atoms with E-state index in [1.165, 1.54) is 10.4 Å². The van der Waals surface area contributed by atoms with Gasteiger partial charge in [0.25, 0.3) is 0 Å². The van der Waals surface area contributed by atoms with Gasteiger partial charge in [-0.25, -0.2) is 4.98 Å². The fraction of sp³-hybridized carbons (Fsp3) is 0.286. The van der Waals surface area contributed by atoms with E-state index >= 15 is 0 Å². The molecule has 6 heteroatoms. The zero-order valence-electron chi connectivity index (χ0n) is 11.5. The molecule has 3 rings (SSSR count). The molecule has 0 spiro atoms. The van der Waals surface area contributed by atoms with Gasteiger partial charge in [0.05, 0.1) is 5.39 Å². The van der Waals surface area contributed by atoms with Gasteiger partial charge in [0.2, 0.25) is 5.95 Å². The average Bonchev–Trinajstić information content (AvgIpc) is 3.06. The molecule has 0 bridgehead atoms. The third-order valence-electron chi connectivity index (χ3n) is 3.15. The number of thiophene rings is 2. The molecule has 0 radical (unpaired) electrons. The minimum atomic E-state index is 0.342. The molecule has 0 saturated carbocycles. The lowest BCUT2D eigenvalue weighted by Gasteiger charge is -2.18. The van der Waals surface area contributed by atoms with Crippen LogP contribution in [0.5, 0.6) is 0 Å². The average molecular weight is 304 g/mol. The Hall–Kier alpha value is -1.66. The van der Waals surface area contributed by atoms with Gasteiger partial charge in [-0.15, -0.1) is 11.3 Å². The SMILES string of the molecule is CCc1cc2c(N(C)Cc3ccsc3)nc(N)nc2s1. The summed E-state index contributed by atoms with van der Waals surface area (Å²) in [5, 5.41) is 5.34. The van der Waals surface area contributed by atoms with Gasteiger partial charge in [-0.1, -0.05) is 6.92 Å². The minimum absolute atomic E-state index is 0.342. The predicted molar refractivity (Wildman–Crippen MR) is 87.6 cm³/mol. The first-order valence-corrected chi connectivity index (χ1v) is 8.21. The molecular formula is C14H16N4S2. The molecule has 0 amide bonds. The van der Waals surface area contributed by atoms with E-state index in [0.29, 0.717) is 5.95 Å². The first kappa shape index (κ1) is 13.3. The van der Waals surface area contributed by atoms with Gasteiger partial charge in [0, 0.05) is 18.5 Å². The second kappa shape index (κ2) is 5.38. The Morgan fingerprint density at radius 3 is 2.90 bits per heavy atom. The fourth-order valence-corrected chi connectivity index (χ4v) is 3.80. The molecule has 3 aromatic heterocycles. The molecule has 3 heterocycles. The van der Waals surface area contributed by atoms with Gasteiger partial charge in [0.1, 0.15) is 10.6 Å². The second-order valence-corrected chi connectivity index (χ2v) is 6.57. The van der Waals surface area contributed by atoms with Gasteiger partial charge < -0.3 is 10.6 Å². The van der Waals surface area contributed by atoms with Crippen LogP contribution < -0.4 is 10.6 Å². The summed E-state index contributed by atoms with van der Waals surface area (Å²) in [5.41, 5.74) is 7.13. The molecule has 20 heavy (non-hydrogen) atoms. The van der Waals surface area contributed by atoms with Crippen LogP contribution in [0.4, 0.5) is 11.8 Å². The van der Waals surface area contributed by atoms with Crippen molar-refractivity contribution in [2.24, 2.45) is 0 Å². The van der Waals surface area contributed by atoms with Crippen LogP contribution in [-0.2, 0) is 13.0 Å². The van der Waals surface area contributed by atoms with Gasteiger partial charge in [-0.3, -0.25) is 0 Å². The van der Waals surface area contributed by atoms with Crippen molar-refractivity contribution in [3.8, 4) is 0 Å². The third-order valence-corrected chi connectivity index (χ3v) is 5.06. The summed E-state index contributed by atoms with van der Waals surface area (Å²) >= 11 is 3.40. The van der Waals surface area contributed by atoms with Crippen molar-refractivity contribution in [1.82, 2.24) is 9.97 Å². The Morgan fingerprint density at radius 2 is 2.20 bits per heavy atom. The van der Waals surface area contributed by atoms with E-state index in [-0.39, 0.29) is 0 Å². The number of hydrogen-bond acceptors (Lipinski definition) is 6. The maximum atomic E-state index is 5.85. The van der Waals surface area contributed by atoms with E-state index in [1.807, 2.05) is 7.05 Å². The summed E-state index contributed by atoms with van der Waals surface area (Å²) in [6, 6.07) is 4.31. The highest BCUT2D eigenvalue weighted by Gasteiger charge is 2.14. The zero-order valence-corrected chi connectivity index (χ0v) is 13.1. The topological polar surface area (TPSA) is 55.0 Å². The van der Waals surface area contributed by atoms with E-state index in [1.54, 1.807) is 22.7 Å². The Morgan fingerprint density at radius 1 is 1.35 bits per heavy atom. The Labute approximate surface area is 125 Å². The van der Waals surface area contributed by atoms with Crippen molar-refractivity contribution in [3.63, 3.8) is 0 Å². The van der Waals surface area contributed by atoms with E-state index in [2.05, 4.69) is 44.7 Å². The summed E-state index contributed by atoms with van der Waals surface area (Å²) in [5.74, 6) is 1.25. The number of aromatic nitrogens is 2. The molecule has 2 N–H and O–H groups in total. The van der Waals surface area contributed by atoms with Crippen molar-refractivity contribution in [2.45, 2.75) is 19.9 Å². The number of fused-ring (bicyclic) bond motifs is 1. The maximum absolute atomic E-state index is 5.85. The highest BCUT2D eigenvalue weighted by atomic mass is 32.1. The molecule has 0 aliphatic heterocycles. The van der Waals surface area contributed by atoms with Crippen molar-refractivity contribution in [1.29, 1.82) is 0 Å². The number of anilines is 2. The largest absolute Gasteiger partial charge is 0.368 e. The molecule has 104 valence electrons. The highest BCUT2D eigenvalue weighted by Crippen LogP contribution is 2.32. The lowest BCUT2D eigenvalue weighted by Crippen LogP contribution is -2.18. The lowest BCUT2D eigenvalue weighted by atomic mass is 10.2. The van der Waals surface area contributed by atoms with Crippen LogP contribution in [-0.4, -0.2) is 17.0 Å². The molecule has 0 aliphatic rings. The van der Waals surface area contributed by atoms with Crippen LogP contribution in [0.15, 0.2) is 22.9 Å². The third kappa shape index (κ3) is 2.48. The molecule has 0 aliphatic carbocycles. The monoisotopic (exact) mass is 304 g/mol. The summed E-state index contributed by atoms with van der Waals surface area (Å²) in [4.78, 5) is 13.2. The molecule has 0 fully saturated rings. The first-order chi connectivity index (χ1) is 9.67. The van der Waals surface area contributed by atoms with E-state index in [4.69, 9.17) is 5.73 Å². The molecule has 3 aromatic rings. The molecule has 0 aromatic carbocycles. The highest BCUT2D eigenvalue weighted by molar-refractivity contribution is 7.18. The van der Waals surface area contributed by atoms with E-state index < -0.39 is 0 Å². The number of hydrogen-bond donors (Lipinski definition) is 1. The predicted octanol–water partition coefficient (Wildman–Crippen LogP) is 3.53. The number of aryl methyl sites for hydroxylation is 1. The first-order valence-electron chi connectivity index (χ1n) is 6.45. The maximum Gasteiger partial charge on any atom is 0.223 e. The normalized spacial score (nSPS) is 11.1. The Kier molecular flexibility index (Phi) is 3.58. The van der Waals surface area contributed by atoms with Crippen LogP contribution >= 0.6 is 22.7 Å². The van der Waals surface area contributed by atoms with Crippen molar-refractivity contribution in [2.75, 3.05) is 17.7 Å². The van der Waals surface area contributed by atoms with Crippen molar-refractivity contribution >= 4 is 44.7 Å². The van der Waals surface area contributed by atoms with Crippen LogP contribution in [0.2, 0.25) is 0 Å². The minimum Gasteiger partial charge on any atom is -0.368 e. The summed E-state index contributed by atoms with van der Waals surface area (Å²) in [6.45, 7) is 2.97. The van der Waals surface area contributed by atoms with Gasteiger partial charge in [0.15, 0.2) is 0 Å². The van der Waals surface area contributed by atoms with E-state index in [9.17, 15) is 0 Å². The summed E-state index contributed by atoms with van der Waals surface area (Å²) in [6.07, 6.45) is 1.01. The van der Waals surface area contributed by atoms with Crippen LogP contribution in [0.25, 0.3) is 10.2 Å². The quantitative estimate of drug-likeness (QED) is 0.801. The second-order valence-electron chi connectivity index (χ2n) is 4.68. The van der Waals surface area contributed by atoms with E-state index in [0.717, 1.165) is 29.0 Å². The van der Waals surface area contributed by atoms with Gasteiger partial charge in [-0.2, -0.15) is 16.3 Å². The van der Waals surface area contributed by atoms with Crippen molar-refractivity contribution < 1.29 is 0 Å². The molecule has 0 saturated heterocycles. The smallest absolute Gasteiger partial charge is 0.223 e. The van der Waals surface area contributed by atoms with Crippen LogP contribution in [0, 0.1) is 0 Å². The Bertz CT molecular complexity index is 718. The fourth-order valence-electron chi connectivity index (χ4n) is 2.17. The van der Waals surface area contributed by atoms with Gasteiger partial charge in [-0.05, 0) is 34.9 Å². The van der Waals surface area contributed by atoms with Gasteiger partial charge >= 0.3 is 0 Å². The number of rotatable bonds is 4. The Balaban J connectivity index is 2.02. The number of nitrogens with zero attached hydrogens (tertiary/aromatic N) is 3. The van der Waals surface area contributed by atoms with Crippen LogP contribution in [0.1, 0.15) is 17.4 Å². The summed E-state index contributed by atoms with van der Waals surface area (Å²) < 4.78 is 0.